The smallest absolute Gasteiger partial charge is 0.253 e. The van der Waals surface area contributed by atoms with E-state index in [0.29, 0.717) is 12.1 Å². The molecule has 3 aromatic heterocycles. The fraction of sp³-hybridized carbons (Fsp3) is 0.273. The standard InChI is InChI=1S/C22H23N5O/c1-15-9-19-14-27(8-5-20(19)24-11-15)21-16(2)10-18(13-25-21)22(28)26-12-17-3-6-23-7-4-17/h3-4,6-7,9-11,13H,5,8,12,14H2,1-2H3,(H,26,28). The molecule has 0 radical (unpaired) electrons. The number of hydrogen-bond acceptors (Lipinski definition) is 5. The van der Waals surface area contributed by atoms with E-state index >= 15 is 0 Å². The number of nitrogens with one attached hydrogen (secondary N) is 1. The molecule has 4 heterocycles. The molecule has 142 valence electrons. The predicted octanol–water partition coefficient (Wildman–Crippen LogP) is 2.98. The Morgan fingerprint density at radius 1 is 1.14 bits per heavy atom. The first-order valence-corrected chi connectivity index (χ1v) is 9.43. The molecule has 4 rings (SSSR count). The predicted molar refractivity (Wildman–Crippen MR) is 108 cm³/mol. The second kappa shape index (κ2) is 7.76. The van der Waals surface area contributed by atoms with Crippen molar-refractivity contribution in [2.24, 2.45) is 0 Å². The average Bonchev–Trinajstić information content (AvgIpc) is 2.72. The van der Waals surface area contributed by atoms with Crippen molar-refractivity contribution in [1.82, 2.24) is 20.3 Å². The molecule has 0 saturated carbocycles. The maximum atomic E-state index is 12.5. The number of anilines is 1. The van der Waals surface area contributed by atoms with Gasteiger partial charge in [-0.25, -0.2) is 4.98 Å². The van der Waals surface area contributed by atoms with Crippen molar-refractivity contribution >= 4 is 11.7 Å². The summed E-state index contributed by atoms with van der Waals surface area (Å²) in [5.74, 6) is 0.806. The molecule has 0 unspecified atom stereocenters. The van der Waals surface area contributed by atoms with E-state index < -0.39 is 0 Å². The van der Waals surface area contributed by atoms with Crippen LogP contribution < -0.4 is 10.2 Å². The van der Waals surface area contributed by atoms with Crippen LogP contribution in [-0.4, -0.2) is 27.4 Å². The summed E-state index contributed by atoms with van der Waals surface area (Å²) in [6.07, 6.45) is 7.93. The first-order valence-electron chi connectivity index (χ1n) is 9.43. The van der Waals surface area contributed by atoms with Gasteiger partial charge in [0.1, 0.15) is 5.82 Å². The van der Waals surface area contributed by atoms with Gasteiger partial charge in [0, 0.05) is 56.5 Å². The Hall–Kier alpha value is -3.28. The number of rotatable bonds is 4. The summed E-state index contributed by atoms with van der Waals surface area (Å²) in [6.45, 7) is 6.22. The first-order chi connectivity index (χ1) is 13.6. The van der Waals surface area contributed by atoms with Crippen molar-refractivity contribution in [2.45, 2.75) is 33.4 Å². The summed E-state index contributed by atoms with van der Waals surface area (Å²) in [4.78, 5) is 27.9. The third-order valence-electron chi connectivity index (χ3n) is 4.99. The fourth-order valence-electron chi connectivity index (χ4n) is 3.53. The molecule has 0 spiro atoms. The van der Waals surface area contributed by atoms with Gasteiger partial charge in [-0.2, -0.15) is 0 Å². The van der Waals surface area contributed by atoms with Gasteiger partial charge in [-0.15, -0.1) is 0 Å². The van der Waals surface area contributed by atoms with Gasteiger partial charge in [0.05, 0.1) is 5.56 Å². The van der Waals surface area contributed by atoms with E-state index in [9.17, 15) is 4.79 Å². The third kappa shape index (κ3) is 3.86. The number of aromatic nitrogens is 3. The summed E-state index contributed by atoms with van der Waals surface area (Å²) < 4.78 is 0. The maximum absolute atomic E-state index is 12.5. The van der Waals surface area contributed by atoms with Gasteiger partial charge < -0.3 is 10.2 Å². The number of aryl methyl sites for hydroxylation is 2. The molecule has 6 nitrogen and oxygen atoms in total. The summed E-state index contributed by atoms with van der Waals surface area (Å²) in [5, 5.41) is 2.93. The second-order valence-electron chi connectivity index (χ2n) is 7.19. The Kier molecular flexibility index (Phi) is 5.02. The lowest BCUT2D eigenvalue weighted by Crippen LogP contribution is -2.32. The SMILES string of the molecule is Cc1cnc2c(c1)CN(c1ncc(C(=O)NCc3ccncc3)cc1C)CC2. The first kappa shape index (κ1) is 18.1. The van der Waals surface area contributed by atoms with Crippen molar-refractivity contribution in [3.05, 3.63) is 82.6 Å². The molecule has 28 heavy (non-hydrogen) atoms. The van der Waals surface area contributed by atoms with Gasteiger partial charge in [-0.05, 0) is 54.3 Å². The lowest BCUT2D eigenvalue weighted by atomic mass is 10.0. The number of pyridine rings is 3. The molecular formula is C22H23N5O. The Morgan fingerprint density at radius 2 is 1.96 bits per heavy atom. The molecule has 0 aliphatic carbocycles. The van der Waals surface area contributed by atoms with Crippen molar-refractivity contribution in [3.8, 4) is 0 Å². The number of amides is 1. The molecule has 0 saturated heterocycles. The monoisotopic (exact) mass is 373 g/mol. The average molecular weight is 373 g/mol. The number of nitrogens with zero attached hydrogens (tertiary/aromatic N) is 4. The van der Waals surface area contributed by atoms with E-state index in [4.69, 9.17) is 0 Å². The third-order valence-corrected chi connectivity index (χ3v) is 4.99. The highest BCUT2D eigenvalue weighted by Crippen LogP contribution is 2.25. The minimum Gasteiger partial charge on any atom is -0.352 e. The van der Waals surface area contributed by atoms with Crippen molar-refractivity contribution < 1.29 is 4.79 Å². The van der Waals surface area contributed by atoms with Crippen LogP contribution in [0.2, 0.25) is 0 Å². The maximum Gasteiger partial charge on any atom is 0.253 e. The van der Waals surface area contributed by atoms with Gasteiger partial charge in [0.25, 0.3) is 5.91 Å². The molecule has 1 N–H and O–H groups in total. The van der Waals surface area contributed by atoms with Crippen LogP contribution in [-0.2, 0) is 19.5 Å². The van der Waals surface area contributed by atoms with Gasteiger partial charge >= 0.3 is 0 Å². The molecule has 3 aromatic rings. The summed E-state index contributed by atoms with van der Waals surface area (Å²) >= 11 is 0. The van der Waals surface area contributed by atoms with E-state index in [1.807, 2.05) is 31.3 Å². The summed E-state index contributed by atoms with van der Waals surface area (Å²) in [7, 11) is 0. The highest BCUT2D eigenvalue weighted by atomic mass is 16.1. The Balaban J connectivity index is 1.46. The van der Waals surface area contributed by atoms with Crippen LogP contribution in [0, 0.1) is 13.8 Å². The Labute approximate surface area is 164 Å². The van der Waals surface area contributed by atoms with E-state index in [1.165, 1.54) is 16.8 Å². The van der Waals surface area contributed by atoms with Crippen LogP contribution in [0.25, 0.3) is 0 Å². The molecule has 0 bridgehead atoms. The van der Waals surface area contributed by atoms with Gasteiger partial charge in [0.15, 0.2) is 0 Å². The van der Waals surface area contributed by atoms with Crippen molar-refractivity contribution in [2.75, 3.05) is 11.4 Å². The number of carbonyl (C=O) groups is 1. The fourth-order valence-corrected chi connectivity index (χ4v) is 3.53. The number of carbonyl (C=O) groups excluding carboxylic acids is 1. The normalized spacial score (nSPS) is 13.1. The van der Waals surface area contributed by atoms with Crippen LogP contribution in [0.3, 0.4) is 0 Å². The van der Waals surface area contributed by atoms with Crippen LogP contribution in [0.1, 0.15) is 38.3 Å². The van der Waals surface area contributed by atoms with Crippen LogP contribution in [0.4, 0.5) is 5.82 Å². The minimum atomic E-state index is -0.122. The number of hydrogen-bond donors (Lipinski definition) is 1. The molecular weight excluding hydrogens is 350 g/mol. The quantitative estimate of drug-likeness (QED) is 0.761. The highest BCUT2D eigenvalue weighted by molar-refractivity contribution is 5.94. The topological polar surface area (TPSA) is 71.0 Å². The van der Waals surface area contributed by atoms with E-state index in [0.717, 1.165) is 36.5 Å². The molecule has 0 aromatic carbocycles. The molecule has 6 heteroatoms. The zero-order valence-corrected chi connectivity index (χ0v) is 16.1. The van der Waals surface area contributed by atoms with Gasteiger partial charge in [0.2, 0.25) is 0 Å². The zero-order valence-electron chi connectivity index (χ0n) is 16.1. The summed E-state index contributed by atoms with van der Waals surface area (Å²) in [5.41, 5.74) is 6.19. The van der Waals surface area contributed by atoms with Crippen LogP contribution in [0.5, 0.6) is 0 Å². The molecule has 1 aliphatic rings. The van der Waals surface area contributed by atoms with Gasteiger partial charge in [-0.1, -0.05) is 6.07 Å². The summed E-state index contributed by atoms with van der Waals surface area (Å²) in [6, 6.07) is 7.88. The zero-order chi connectivity index (χ0) is 19.5. The molecule has 1 aliphatic heterocycles. The van der Waals surface area contributed by atoms with Crippen LogP contribution >= 0.6 is 0 Å². The molecule has 0 fully saturated rings. The lowest BCUT2D eigenvalue weighted by molar-refractivity contribution is 0.0950. The molecule has 0 atom stereocenters. The molecule has 1 amide bonds. The largest absolute Gasteiger partial charge is 0.352 e. The van der Waals surface area contributed by atoms with Crippen LogP contribution in [0.15, 0.2) is 49.1 Å². The lowest BCUT2D eigenvalue weighted by Gasteiger charge is -2.30. The van der Waals surface area contributed by atoms with Crippen molar-refractivity contribution in [3.63, 3.8) is 0 Å². The highest BCUT2D eigenvalue weighted by Gasteiger charge is 2.20. The van der Waals surface area contributed by atoms with Gasteiger partial charge in [-0.3, -0.25) is 14.8 Å². The Morgan fingerprint density at radius 3 is 2.75 bits per heavy atom. The van der Waals surface area contributed by atoms with E-state index in [1.54, 1.807) is 18.6 Å². The minimum absolute atomic E-state index is 0.122. The van der Waals surface area contributed by atoms with E-state index in [2.05, 4.69) is 38.2 Å². The van der Waals surface area contributed by atoms with Crippen molar-refractivity contribution in [1.29, 1.82) is 0 Å². The number of fused-ring (bicyclic) bond motifs is 1. The van der Waals surface area contributed by atoms with E-state index in [-0.39, 0.29) is 5.91 Å². The Bertz CT molecular complexity index is 1000. The second-order valence-corrected chi connectivity index (χ2v) is 7.19.